The van der Waals surface area contributed by atoms with Crippen LogP contribution in [0.3, 0.4) is 0 Å². The van der Waals surface area contributed by atoms with Crippen molar-refractivity contribution in [1.82, 2.24) is 0 Å². The lowest BCUT2D eigenvalue weighted by Gasteiger charge is -2.50. The third-order valence-electron chi connectivity index (χ3n) is 5.62. The van der Waals surface area contributed by atoms with Gasteiger partial charge in [0.1, 0.15) is 8.07 Å². The molecule has 2 nitrogen and oxygen atoms in total. The number of rotatable bonds is 6. The van der Waals surface area contributed by atoms with E-state index in [1.54, 1.807) is 0 Å². The summed E-state index contributed by atoms with van der Waals surface area (Å²) >= 11 is 0. The van der Waals surface area contributed by atoms with Crippen LogP contribution in [0.15, 0.2) is 60.7 Å². The van der Waals surface area contributed by atoms with Gasteiger partial charge in [0.15, 0.2) is 0 Å². The molecule has 2 aromatic rings. The lowest BCUT2D eigenvalue weighted by Crippen LogP contribution is -2.68. The number of benzene rings is 2. The minimum absolute atomic E-state index is 0.0403. The molecule has 0 heterocycles. The van der Waals surface area contributed by atoms with Crippen LogP contribution in [-0.4, -0.2) is 21.2 Å². The zero-order chi connectivity index (χ0) is 19.4. The van der Waals surface area contributed by atoms with E-state index in [2.05, 4.69) is 95.3 Å². The van der Waals surface area contributed by atoms with E-state index in [1.165, 1.54) is 17.5 Å². The number of methoxy groups -OCH3 is 1. The van der Waals surface area contributed by atoms with Crippen molar-refractivity contribution in [3.05, 3.63) is 60.7 Å². The van der Waals surface area contributed by atoms with Crippen molar-refractivity contribution in [2.24, 2.45) is 5.92 Å². The first kappa shape index (κ1) is 20.4. The fourth-order valence-electron chi connectivity index (χ4n) is 4.57. The van der Waals surface area contributed by atoms with Crippen LogP contribution in [-0.2, 0) is 9.53 Å². The van der Waals surface area contributed by atoms with Crippen molar-refractivity contribution in [1.29, 1.82) is 0 Å². The molecule has 0 bridgehead atoms. The zero-order valence-electron chi connectivity index (χ0n) is 17.0. The molecule has 0 amide bonds. The molecule has 0 aliphatic carbocycles. The molecule has 2 rings (SSSR count). The lowest BCUT2D eigenvalue weighted by molar-refractivity contribution is -0.140. The molecule has 0 aliphatic heterocycles. The first-order valence-corrected chi connectivity index (χ1v) is 11.5. The SMILES string of the molecule is COC(=O)CC(C(C)C)[Si](c1ccccc1)(c1ccccc1)C(C)(C)C. The summed E-state index contributed by atoms with van der Waals surface area (Å²) in [6.07, 6.45) is 0.460. The topological polar surface area (TPSA) is 26.3 Å². The van der Waals surface area contributed by atoms with Crippen molar-refractivity contribution in [2.75, 3.05) is 7.11 Å². The van der Waals surface area contributed by atoms with Gasteiger partial charge >= 0.3 is 5.97 Å². The summed E-state index contributed by atoms with van der Waals surface area (Å²) in [7, 11) is -0.831. The van der Waals surface area contributed by atoms with Crippen LogP contribution in [0.25, 0.3) is 0 Å². The fraction of sp³-hybridized carbons (Fsp3) is 0.435. The lowest BCUT2D eigenvalue weighted by atomic mass is 10.1. The van der Waals surface area contributed by atoms with Gasteiger partial charge in [-0.15, -0.1) is 0 Å². The summed E-state index contributed by atoms with van der Waals surface area (Å²) < 4.78 is 5.09. The zero-order valence-corrected chi connectivity index (χ0v) is 18.0. The van der Waals surface area contributed by atoms with Gasteiger partial charge in [0, 0.05) is 6.42 Å². The van der Waals surface area contributed by atoms with Gasteiger partial charge in [0.2, 0.25) is 0 Å². The van der Waals surface area contributed by atoms with Gasteiger partial charge in [-0.25, -0.2) is 0 Å². The van der Waals surface area contributed by atoms with E-state index in [-0.39, 0.29) is 16.5 Å². The summed E-state index contributed by atoms with van der Waals surface area (Å²) in [5, 5.41) is 2.82. The molecule has 0 radical (unpaired) electrons. The summed E-state index contributed by atoms with van der Waals surface area (Å²) in [6.45, 7) is 11.5. The monoisotopic (exact) mass is 368 g/mol. The molecule has 26 heavy (non-hydrogen) atoms. The molecule has 2 aromatic carbocycles. The van der Waals surface area contributed by atoms with Gasteiger partial charge in [-0.1, -0.05) is 106 Å². The molecule has 0 saturated heterocycles. The van der Waals surface area contributed by atoms with E-state index in [1.807, 2.05) is 0 Å². The quantitative estimate of drug-likeness (QED) is 0.548. The molecule has 0 fully saturated rings. The minimum Gasteiger partial charge on any atom is -0.469 e. The number of ether oxygens (including phenoxy) is 1. The largest absolute Gasteiger partial charge is 0.469 e. The Morgan fingerprint density at radius 2 is 1.35 bits per heavy atom. The Kier molecular flexibility index (Phi) is 6.46. The van der Waals surface area contributed by atoms with Crippen LogP contribution >= 0.6 is 0 Å². The van der Waals surface area contributed by atoms with E-state index in [9.17, 15) is 4.79 Å². The molecular formula is C23H32O2Si. The van der Waals surface area contributed by atoms with E-state index in [0.29, 0.717) is 12.3 Å². The Morgan fingerprint density at radius 3 is 1.65 bits per heavy atom. The number of carbonyl (C=O) groups is 1. The maximum atomic E-state index is 12.4. The third kappa shape index (κ3) is 3.78. The summed E-state index contributed by atoms with van der Waals surface area (Å²) in [4.78, 5) is 12.4. The highest BCUT2D eigenvalue weighted by Gasteiger charge is 2.54. The second kappa shape index (κ2) is 8.21. The Morgan fingerprint density at radius 1 is 0.923 bits per heavy atom. The average molecular weight is 369 g/mol. The van der Waals surface area contributed by atoms with Gasteiger partial charge in [-0.2, -0.15) is 0 Å². The molecule has 0 saturated carbocycles. The second-order valence-corrected chi connectivity index (χ2v) is 13.4. The first-order chi connectivity index (χ1) is 12.2. The number of hydrogen-bond acceptors (Lipinski definition) is 2. The Bertz CT molecular complexity index is 662. The standard InChI is InChI=1S/C23H32O2Si/c1-18(2)21(17-22(24)25-6)26(23(3,4)5,19-13-9-7-10-14-19)20-15-11-8-12-16-20/h7-16,18,21H,17H2,1-6H3. The normalized spacial score (nSPS) is 13.5. The van der Waals surface area contributed by atoms with Crippen molar-refractivity contribution in [3.63, 3.8) is 0 Å². The van der Waals surface area contributed by atoms with E-state index >= 15 is 0 Å². The Labute approximate surface area is 159 Å². The molecule has 0 spiro atoms. The summed E-state index contributed by atoms with van der Waals surface area (Å²) in [5.41, 5.74) is 0.250. The fourth-order valence-corrected chi connectivity index (χ4v) is 11.5. The van der Waals surface area contributed by atoms with E-state index in [4.69, 9.17) is 4.74 Å². The van der Waals surface area contributed by atoms with Crippen LogP contribution in [0.5, 0.6) is 0 Å². The van der Waals surface area contributed by atoms with Crippen molar-refractivity contribution < 1.29 is 9.53 Å². The minimum atomic E-state index is -2.32. The maximum absolute atomic E-state index is 12.4. The van der Waals surface area contributed by atoms with E-state index < -0.39 is 8.07 Å². The predicted molar refractivity (Wildman–Crippen MR) is 113 cm³/mol. The summed E-state index contributed by atoms with van der Waals surface area (Å²) in [6, 6.07) is 21.7. The van der Waals surface area contributed by atoms with Gasteiger partial charge in [-0.3, -0.25) is 4.79 Å². The smallest absolute Gasteiger partial charge is 0.305 e. The van der Waals surface area contributed by atoms with Crippen molar-refractivity contribution >= 4 is 24.4 Å². The Hall–Kier alpha value is -1.87. The van der Waals surface area contributed by atoms with Gasteiger partial charge in [0.25, 0.3) is 0 Å². The molecule has 0 aliphatic rings. The molecule has 1 unspecified atom stereocenters. The maximum Gasteiger partial charge on any atom is 0.305 e. The highest BCUT2D eigenvalue weighted by atomic mass is 28.3. The van der Waals surface area contributed by atoms with Crippen molar-refractivity contribution in [2.45, 2.75) is 51.6 Å². The van der Waals surface area contributed by atoms with Crippen LogP contribution in [0.4, 0.5) is 0 Å². The van der Waals surface area contributed by atoms with Crippen LogP contribution in [0, 0.1) is 5.92 Å². The van der Waals surface area contributed by atoms with Crippen LogP contribution in [0.2, 0.25) is 10.6 Å². The second-order valence-electron chi connectivity index (χ2n) is 8.42. The first-order valence-electron chi connectivity index (χ1n) is 9.43. The highest BCUT2D eigenvalue weighted by molar-refractivity contribution is 7.05. The molecular weight excluding hydrogens is 336 g/mol. The molecule has 1 atom stereocenters. The van der Waals surface area contributed by atoms with Crippen molar-refractivity contribution in [3.8, 4) is 0 Å². The number of carbonyl (C=O) groups excluding carboxylic acids is 1. The van der Waals surface area contributed by atoms with Crippen LogP contribution < -0.4 is 10.4 Å². The van der Waals surface area contributed by atoms with Gasteiger partial charge in [-0.05, 0) is 16.5 Å². The van der Waals surface area contributed by atoms with Gasteiger partial charge < -0.3 is 4.74 Å². The van der Waals surface area contributed by atoms with Gasteiger partial charge in [0.05, 0.1) is 7.11 Å². The van der Waals surface area contributed by atoms with E-state index in [0.717, 1.165) is 0 Å². The average Bonchev–Trinajstić information content (AvgIpc) is 2.61. The highest BCUT2D eigenvalue weighted by Crippen LogP contribution is 2.47. The number of hydrogen-bond donors (Lipinski definition) is 0. The predicted octanol–water partition coefficient (Wildman–Crippen LogP) is 4.64. The van der Waals surface area contributed by atoms with Crippen LogP contribution in [0.1, 0.15) is 41.0 Å². The molecule has 3 heteroatoms. The Balaban J connectivity index is 2.84. The molecule has 0 N–H and O–H groups in total. The number of esters is 1. The molecule has 0 aromatic heterocycles. The molecule has 140 valence electrons. The third-order valence-corrected chi connectivity index (χ3v) is 12.5. The summed E-state index contributed by atoms with van der Waals surface area (Å²) in [5.74, 6) is 0.261.